The van der Waals surface area contributed by atoms with E-state index in [0.29, 0.717) is 15.8 Å². The summed E-state index contributed by atoms with van der Waals surface area (Å²) in [7, 11) is 0. The number of amides is 1. The first-order valence-electron chi connectivity index (χ1n) is 4.13. The molecule has 2 heterocycles. The second kappa shape index (κ2) is 4.09. The number of carbonyl (C=O) groups is 1. The molecule has 0 radical (unpaired) electrons. The molecule has 0 aliphatic carbocycles. The van der Waals surface area contributed by atoms with Crippen molar-refractivity contribution in [2.24, 2.45) is 0 Å². The van der Waals surface area contributed by atoms with Gasteiger partial charge in [0.2, 0.25) is 11.0 Å². The molecular formula is C8H7N5OS. The molecular weight excluding hydrogens is 214 g/mol. The number of rotatable bonds is 2. The van der Waals surface area contributed by atoms with Gasteiger partial charge in [-0.15, -0.1) is 10.2 Å². The molecule has 2 rings (SSSR count). The van der Waals surface area contributed by atoms with E-state index in [1.807, 2.05) is 0 Å². The van der Waals surface area contributed by atoms with Gasteiger partial charge in [0.05, 0.1) is 6.20 Å². The second-order valence-electron chi connectivity index (χ2n) is 2.68. The Kier molecular flexibility index (Phi) is 2.64. The second-order valence-corrected chi connectivity index (χ2v) is 3.66. The molecule has 1 amide bonds. The van der Waals surface area contributed by atoms with Crippen LogP contribution in [0, 0.1) is 0 Å². The minimum absolute atomic E-state index is 0.170. The van der Waals surface area contributed by atoms with Crippen molar-refractivity contribution in [3.05, 3.63) is 18.6 Å². The fourth-order valence-electron chi connectivity index (χ4n) is 0.937. The number of carbonyl (C=O) groups excluding carboxylic acids is 1. The first-order chi connectivity index (χ1) is 7.25. The van der Waals surface area contributed by atoms with Crippen molar-refractivity contribution < 1.29 is 4.79 Å². The molecule has 0 aliphatic heterocycles. The number of nitrogens with zero attached hydrogens (tertiary/aromatic N) is 4. The monoisotopic (exact) mass is 221 g/mol. The van der Waals surface area contributed by atoms with E-state index in [2.05, 4.69) is 25.5 Å². The average Bonchev–Trinajstić information content (AvgIpc) is 2.67. The fourth-order valence-corrected chi connectivity index (χ4v) is 1.69. The molecule has 0 spiro atoms. The number of aromatic nitrogens is 4. The average molecular weight is 221 g/mol. The molecule has 0 atom stereocenters. The van der Waals surface area contributed by atoms with Gasteiger partial charge in [-0.3, -0.25) is 14.8 Å². The van der Waals surface area contributed by atoms with E-state index in [-0.39, 0.29) is 5.91 Å². The van der Waals surface area contributed by atoms with Gasteiger partial charge in [0.25, 0.3) is 0 Å². The van der Waals surface area contributed by atoms with Gasteiger partial charge in [0, 0.05) is 19.3 Å². The zero-order valence-corrected chi connectivity index (χ0v) is 8.65. The Morgan fingerprint density at radius 1 is 1.40 bits per heavy atom. The SMILES string of the molecule is CC(=O)Nc1nnc(-c2cnccn2)s1. The van der Waals surface area contributed by atoms with Gasteiger partial charge >= 0.3 is 0 Å². The van der Waals surface area contributed by atoms with Crippen LogP contribution < -0.4 is 5.32 Å². The van der Waals surface area contributed by atoms with Crippen molar-refractivity contribution in [2.75, 3.05) is 5.32 Å². The summed E-state index contributed by atoms with van der Waals surface area (Å²) in [6, 6.07) is 0. The number of hydrogen-bond donors (Lipinski definition) is 1. The minimum atomic E-state index is -0.170. The highest BCUT2D eigenvalue weighted by Gasteiger charge is 2.07. The maximum Gasteiger partial charge on any atom is 0.223 e. The Labute approximate surface area is 89.4 Å². The predicted octanol–water partition coefficient (Wildman–Crippen LogP) is 0.953. The van der Waals surface area contributed by atoms with Crippen molar-refractivity contribution >= 4 is 22.4 Å². The van der Waals surface area contributed by atoms with E-state index in [4.69, 9.17) is 0 Å². The molecule has 6 nitrogen and oxygen atoms in total. The van der Waals surface area contributed by atoms with Crippen LogP contribution in [-0.2, 0) is 4.79 Å². The third kappa shape index (κ3) is 2.32. The Morgan fingerprint density at radius 3 is 2.93 bits per heavy atom. The Morgan fingerprint density at radius 2 is 2.27 bits per heavy atom. The highest BCUT2D eigenvalue weighted by molar-refractivity contribution is 7.18. The third-order valence-electron chi connectivity index (χ3n) is 1.49. The number of nitrogens with one attached hydrogen (secondary N) is 1. The summed E-state index contributed by atoms with van der Waals surface area (Å²) >= 11 is 1.26. The van der Waals surface area contributed by atoms with Crippen LogP contribution in [0.3, 0.4) is 0 Å². The van der Waals surface area contributed by atoms with E-state index in [0.717, 1.165) is 0 Å². The van der Waals surface area contributed by atoms with Gasteiger partial charge in [-0.05, 0) is 0 Å². The normalized spacial score (nSPS) is 9.93. The Hall–Kier alpha value is -1.89. The van der Waals surface area contributed by atoms with Crippen LogP contribution in [0.5, 0.6) is 0 Å². The van der Waals surface area contributed by atoms with Crippen molar-refractivity contribution in [3.63, 3.8) is 0 Å². The molecule has 0 aromatic carbocycles. The minimum Gasteiger partial charge on any atom is -0.301 e. The lowest BCUT2D eigenvalue weighted by Crippen LogP contribution is -2.04. The van der Waals surface area contributed by atoms with Gasteiger partial charge in [-0.1, -0.05) is 11.3 Å². The van der Waals surface area contributed by atoms with Crippen molar-refractivity contribution in [2.45, 2.75) is 6.92 Å². The van der Waals surface area contributed by atoms with Crippen molar-refractivity contribution in [3.8, 4) is 10.7 Å². The smallest absolute Gasteiger partial charge is 0.223 e. The summed E-state index contributed by atoms with van der Waals surface area (Å²) < 4.78 is 0. The summed E-state index contributed by atoms with van der Waals surface area (Å²) in [4.78, 5) is 18.8. The van der Waals surface area contributed by atoms with Crippen LogP contribution >= 0.6 is 11.3 Å². The summed E-state index contributed by atoms with van der Waals surface area (Å²) in [5.74, 6) is -0.170. The zero-order chi connectivity index (χ0) is 10.7. The van der Waals surface area contributed by atoms with E-state index in [1.54, 1.807) is 18.6 Å². The summed E-state index contributed by atoms with van der Waals surface area (Å²) in [5.41, 5.74) is 0.645. The molecule has 0 saturated heterocycles. The van der Waals surface area contributed by atoms with Gasteiger partial charge in [-0.2, -0.15) is 0 Å². The molecule has 15 heavy (non-hydrogen) atoms. The zero-order valence-electron chi connectivity index (χ0n) is 7.84. The van der Waals surface area contributed by atoms with Crippen LogP contribution in [0.4, 0.5) is 5.13 Å². The topological polar surface area (TPSA) is 80.7 Å². The van der Waals surface area contributed by atoms with Gasteiger partial charge in [-0.25, -0.2) is 0 Å². The number of hydrogen-bond acceptors (Lipinski definition) is 6. The highest BCUT2D eigenvalue weighted by Crippen LogP contribution is 2.23. The molecule has 1 N–H and O–H groups in total. The van der Waals surface area contributed by atoms with E-state index >= 15 is 0 Å². The molecule has 7 heteroatoms. The summed E-state index contributed by atoms with van der Waals surface area (Å²) in [5, 5.41) is 11.3. The van der Waals surface area contributed by atoms with Crippen LogP contribution in [-0.4, -0.2) is 26.1 Å². The molecule has 0 unspecified atom stereocenters. The van der Waals surface area contributed by atoms with Crippen LogP contribution in [0.1, 0.15) is 6.92 Å². The summed E-state index contributed by atoms with van der Waals surface area (Å²) in [6.45, 7) is 1.42. The summed E-state index contributed by atoms with van der Waals surface area (Å²) in [6.07, 6.45) is 4.76. The highest BCUT2D eigenvalue weighted by atomic mass is 32.1. The largest absolute Gasteiger partial charge is 0.301 e. The maximum absolute atomic E-state index is 10.8. The standard InChI is InChI=1S/C8H7N5OS/c1-5(14)11-8-13-12-7(15-8)6-4-9-2-3-10-6/h2-4H,1H3,(H,11,13,14). The predicted molar refractivity (Wildman–Crippen MR) is 55.2 cm³/mol. The lowest BCUT2D eigenvalue weighted by Gasteiger charge is -1.91. The third-order valence-corrected chi connectivity index (χ3v) is 2.35. The first-order valence-corrected chi connectivity index (χ1v) is 4.95. The van der Waals surface area contributed by atoms with E-state index in [1.165, 1.54) is 18.3 Å². The van der Waals surface area contributed by atoms with Crippen LogP contribution in [0.25, 0.3) is 10.7 Å². The fraction of sp³-hybridized carbons (Fsp3) is 0.125. The van der Waals surface area contributed by atoms with E-state index in [9.17, 15) is 4.79 Å². The van der Waals surface area contributed by atoms with Crippen molar-refractivity contribution in [1.29, 1.82) is 0 Å². The lowest BCUT2D eigenvalue weighted by atomic mass is 10.5. The molecule has 2 aromatic rings. The van der Waals surface area contributed by atoms with Gasteiger partial charge in [0.15, 0.2) is 5.01 Å². The Bertz CT molecular complexity index is 469. The number of anilines is 1. The van der Waals surface area contributed by atoms with Crippen molar-refractivity contribution in [1.82, 2.24) is 20.2 Å². The molecule has 2 aromatic heterocycles. The van der Waals surface area contributed by atoms with E-state index < -0.39 is 0 Å². The molecule has 0 bridgehead atoms. The Balaban J connectivity index is 2.24. The molecule has 0 saturated carbocycles. The van der Waals surface area contributed by atoms with Gasteiger partial charge < -0.3 is 5.32 Å². The molecule has 0 fully saturated rings. The van der Waals surface area contributed by atoms with Crippen LogP contribution in [0.2, 0.25) is 0 Å². The molecule has 0 aliphatic rings. The lowest BCUT2D eigenvalue weighted by molar-refractivity contribution is -0.114. The molecule has 76 valence electrons. The van der Waals surface area contributed by atoms with Crippen LogP contribution in [0.15, 0.2) is 18.6 Å². The first kappa shape index (κ1) is 9.66. The maximum atomic E-state index is 10.8. The van der Waals surface area contributed by atoms with Gasteiger partial charge in [0.1, 0.15) is 5.69 Å². The quantitative estimate of drug-likeness (QED) is 0.816.